The Morgan fingerprint density at radius 3 is 2.68 bits per heavy atom. The summed E-state index contributed by atoms with van der Waals surface area (Å²) in [5.41, 5.74) is 3.24. The van der Waals surface area contributed by atoms with E-state index in [1.54, 1.807) is 0 Å². The lowest BCUT2D eigenvalue weighted by Gasteiger charge is -2.05. The summed E-state index contributed by atoms with van der Waals surface area (Å²) in [6.07, 6.45) is 0.565. The van der Waals surface area contributed by atoms with Crippen LogP contribution in [0.3, 0.4) is 0 Å². The number of para-hydroxylation sites is 1. The van der Waals surface area contributed by atoms with E-state index >= 15 is 0 Å². The molecule has 0 aliphatic rings. The van der Waals surface area contributed by atoms with Crippen molar-refractivity contribution in [3.63, 3.8) is 0 Å². The van der Waals surface area contributed by atoms with E-state index in [-0.39, 0.29) is 18.1 Å². The van der Waals surface area contributed by atoms with Gasteiger partial charge in [0.15, 0.2) is 0 Å². The second kappa shape index (κ2) is 5.69. The van der Waals surface area contributed by atoms with Crippen molar-refractivity contribution < 1.29 is 9.59 Å². The van der Waals surface area contributed by atoms with Crippen LogP contribution in [-0.4, -0.2) is 16.7 Å². The fraction of sp³-hybridized carbons (Fsp3) is 0.333. The lowest BCUT2D eigenvalue weighted by atomic mass is 10.1. The Hall–Kier alpha value is -2.10. The fourth-order valence-corrected chi connectivity index (χ4v) is 2.13. The molecule has 0 unspecified atom stereocenters. The SMILES string of the molecule is CC(=O)CCC(=O)NCc1c(C)[nH]c2ccccc12. The topological polar surface area (TPSA) is 62.0 Å². The zero-order chi connectivity index (χ0) is 13.8. The van der Waals surface area contributed by atoms with Crippen LogP contribution in [0.1, 0.15) is 31.0 Å². The summed E-state index contributed by atoms with van der Waals surface area (Å²) in [6.45, 7) is 3.99. The second-order valence-electron chi connectivity index (χ2n) is 4.75. The molecule has 4 heteroatoms. The zero-order valence-electron chi connectivity index (χ0n) is 11.2. The summed E-state index contributed by atoms with van der Waals surface area (Å²) in [5, 5.41) is 3.99. The molecule has 0 saturated carbocycles. The highest BCUT2D eigenvalue weighted by Crippen LogP contribution is 2.21. The smallest absolute Gasteiger partial charge is 0.220 e. The van der Waals surface area contributed by atoms with Gasteiger partial charge in [-0.15, -0.1) is 0 Å². The Morgan fingerprint density at radius 1 is 1.21 bits per heavy atom. The first-order valence-corrected chi connectivity index (χ1v) is 6.40. The van der Waals surface area contributed by atoms with Crippen LogP contribution in [0.4, 0.5) is 0 Å². The van der Waals surface area contributed by atoms with Gasteiger partial charge in [0.1, 0.15) is 5.78 Å². The number of aromatic nitrogens is 1. The van der Waals surface area contributed by atoms with Crippen molar-refractivity contribution in [1.82, 2.24) is 10.3 Å². The van der Waals surface area contributed by atoms with Gasteiger partial charge in [0, 0.05) is 36.0 Å². The summed E-state index contributed by atoms with van der Waals surface area (Å²) in [6, 6.07) is 8.02. The van der Waals surface area contributed by atoms with Crippen molar-refractivity contribution in [2.75, 3.05) is 0 Å². The number of benzene rings is 1. The summed E-state index contributed by atoms with van der Waals surface area (Å²) < 4.78 is 0. The Kier molecular flexibility index (Phi) is 4.00. The molecule has 0 atom stereocenters. The van der Waals surface area contributed by atoms with E-state index in [0.717, 1.165) is 22.2 Å². The van der Waals surface area contributed by atoms with Gasteiger partial charge >= 0.3 is 0 Å². The van der Waals surface area contributed by atoms with E-state index < -0.39 is 0 Å². The highest BCUT2D eigenvalue weighted by molar-refractivity contribution is 5.86. The molecule has 0 radical (unpaired) electrons. The van der Waals surface area contributed by atoms with Crippen molar-refractivity contribution >= 4 is 22.6 Å². The normalized spacial score (nSPS) is 10.6. The predicted octanol–water partition coefficient (Wildman–Crippen LogP) is 2.46. The molecule has 0 saturated heterocycles. The molecular formula is C15H18N2O2. The van der Waals surface area contributed by atoms with Crippen molar-refractivity contribution in [1.29, 1.82) is 0 Å². The van der Waals surface area contributed by atoms with E-state index in [0.29, 0.717) is 13.0 Å². The van der Waals surface area contributed by atoms with Gasteiger partial charge in [0.25, 0.3) is 0 Å². The quantitative estimate of drug-likeness (QED) is 0.865. The van der Waals surface area contributed by atoms with Crippen LogP contribution in [0.5, 0.6) is 0 Å². The number of amides is 1. The largest absolute Gasteiger partial charge is 0.358 e. The minimum absolute atomic E-state index is 0.0402. The molecule has 0 aliphatic heterocycles. The van der Waals surface area contributed by atoms with E-state index in [9.17, 15) is 9.59 Å². The van der Waals surface area contributed by atoms with Crippen molar-refractivity contribution in [3.05, 3.63) is 35.5 Å². The third-order valence-corrected chi connectivity index (χ3v) is 3.19. The molecule has 2 rings (SSSR count). The standard InChI is InChI=1S/C15H18N2O2/c1-10(18)7-8-15(19)16-9-13-11(2)17-14-6-4-3-5-12(13)14/h3-6,17H,7-9H2,1-2H3,(H,16,19). The van der Waals surface area contributed by atoms with E-state index in [1.807, 2.05) is 31.2 Å². The number of hydrogen-bond donors (Lipinski definition) is 2. The van der Waals surface area contributed by atoms with Gasteiger partial charge < -0.3 is 15.1 Å². The maximum atomic E-state index is 11.6. The van der Waals surface area contributed by atoms with Crippen LogP contribution in [0.2, 0.25) is 0 Å². The van der Waals surface area contributed by atoms with Crippen LogP contribution in [0, 0.1) is 6.92 Å². The average molecular weight is 258 g/mol. The van der Waals surface area contributed by atoms with Crippen molar-refractivity contribution in [2.24, 2.45) is 0 Å². The Labute approximate surface area is 112 Å². The van der Waals surface area contributed by atoms with E-state index in [2.05, 4.69) is 10.3 Å². The Morgan fingerprint density at radius 2 is 1.95 bits per heavy atom. The minimum atomic E-state index is -0.0834. The number of rotatable bonds is 5. The van der Waals surface area contributed by atoms with Gasteiger partial charge in [-0.3, -0.25) is 4.79 Å². The van der Waals surface area contributed by atoms with E-state index in [4.69, 9.17) is 0 Å². The first-order chi connectivity index (χ1) is 9.08. The first kappa shape index (κ1) is 13.3. The predicted molar refractivity (Wildman–Crippen MR) is 74.8 cm³/mol. The number of ketones is 1. The second-order valence-corrected chi connectivity index (χ2v) is 4.75. The van der Waals surface area contributed by atoms with Gasteiger partial charge in [-0.1, -0.05) is 18.2 Å². The van der Waals surface area contributed by atoms with Crippen LogP contribution >= 0.6 is 0 Å². The number of aryl methyl sites for hydroxylation is 1. The number of H-pyrrole nitrogens is 1. The number of nitrogens with one attached hydrogen (secondary N) is 2. The molecule has 100 valence electrons. The van der Waals surface area contributed by atoms with Gasteiger partial charge in [-0.05, 0) is 25.5 Å². The molecule has 1 aromatic heterocycles. The molecule has 0 spiro atoms. The van der Waals surface area contributed by atoms with Gasteiger partial charge in [-0.25, -0.2) is 0 Å². The van der Waals surface area contributed by atoms with E-state index in [1.165, 1.54) is 6.92 Å². The summed E-state index contributed by atoms with van der Waals surface area (Å²) >= 11 is 0. The highest BCUT2D eigenvalue weighted by atomic mass is 16.2. The number of carbonyl (C=O) groups excluding carboxylic acids is 2. The minimum Gasteiger partial charge on any atom is -0.358 e. The van der Waals surface area contributed by atoms with Crippen molar-refractivity contribution in [2.45, 2.75) is 33.2 Å². The molecule has 1 amide bonds. The molecule has 2 aromatic rings. The van der Waals surface area contributed by atoms with Crippen LogP contribution in [-0.2, 0) is 16.1 Å². The van der Waals surface area contributed by atoms with Gasteiger partial charge in [0.05, 0.1) is 0 Å². The molecule has 0 bridgehead atoms. The third kappa shape index (κ3) is 3.22. The van der Waals surface area contributed by atoms with Gasteiger partial charge in [-0.2, -0.15) is 0 Å². The summed E-state index contributed by atoms with van der Waals surface area (Å²) in [5.74, 6) is -0.0432. The fourth-order valence-electron chi connectivity index (χ4n) is 2.13. The zero-order valence-corrected chi connectivity index (χ0v) is 11.2. The lowest BCUT2D eigenvalue weighted by Crippen LogP contribution is -2.23. The van der Waals surface area contributed by atoms with Crippen LogP contribution in [0.25, 0.3) is 10.9 Å². The summed E-state index contributed by atoms with van der Waals surface area (Å²) in [4.78, 5) is 25.7. The number of Topliss-reactive ketones (excluding diaryl/α,β-unsaturated/α-hetero) is 1. The maximum absolute atomic E-state index is 11.6. The van der Waals surface area contributed by atoms with Crippen LogP contribution < -0.4 is 5.32 Å². The molecule has 0 aliphatic carbocycles. The molecule has 1 aromatic carbocycles. The monoisotopic (exact) mass is 258 g/mol. The maximum Gasteiger partial charge on any atom is 0.220 e. The highest BCUT2D eigenvalue weighted by Gasteiger charge is 2.09. The molecule has 0 fully saturated rings. The molecule has 2 N–H and O–H groups in total. The Balaban J connectivity index is 2.03. The molecule has 4 nitrogen and oxygen atoms in total. The lowest BCUT2D eigenvalue weighted by molar-refractivity contribution is -0.124. The average Bonchev–Trinajstić information content (AvgIpc) is 2.69. The number of fused-ring (bicyclic) bond motifs is 1. The number of hydrogen-bond acceptors (Lipinski definition) is 2. The number of carbonyl (C=O) groups is 2. The Bertz CT molecular complexity index is 614. The first-order valence-electron chi connectivity index (χ1n) is 6.40. The number of aromatic amines is 1. The molecular weight excluding hydrogens is 240 g/mol. The third-order valence-electron chi connectivity index (χ3n) is 3.19. The molecule has 19 heavy (non-hydrogen) atoms. The van der Waals surface area contributed by atoms with Crippen molar-refractivity contribution in [3.8, 4) is 0 Å². The van der Waals surface area contributed by atoms with Crippen LogP contribution in [0.15, 0.2) is 24.3 Å². The molecule has 1 heterocycles. The summed E-state index contributed by atoms with van der Waals surface area (Å²) in [7, 11) is 0. The van der Waals surface area contributed by atoms with Gasteiger partial charge in [0.2, 0.25) is 5.91 Å².